The third-order valence-electron chi connectivity index (χ3n) is 5.22. The number of phenolic OH excluding ortho intramolecular Hbond substituents is 1. The van der Waals surface area contributed by atoms with Gasteiger partial charge < -0.3 is 10.8 Å². The summed E-state index contributed by atoms with van der Waals surface area (Å²) in [4.78, 5) is 20.6. The molecule has 0 saturated carbocycles. The quantitative estimate of drug-likeness (QED) is 0.613. The summed E-state index contributed by atoms with van der Waals surface area (Å²) in [6, 6.07) is 3.35. The third-order valence-corrected chi connectivity index (χ3v) is 5.22. The highest BCUT2D eigenvalue weighted by Crippen LogP contribution is 2.35. The van der Waals surface area contributed by atoms with Crippen LogP contribution in [0.4, 0.5) is 8.78 Å². The normalized spacial score (nSPS) is 11.3. The Morgan fingerprint density at radius 3 is 2.43 bits per heavy atom. The molecule has 158 valence electrons. The minimum atomic E-state index is -2.93. The summed E-state index contributed by atoms with van der Waals surface area (Å²) in [6.45, 7) is 8.67. The standard InChI is InChI=1S/C22H24F2N4O2/c1-10(2)17(21(25)30)18-15(8-14-11(3)6-7-16(29)13(14)5)28-9-12(4)26-22(28)27-19(18)20(23)24/h6-7,9,20,29H,8H2,1-5H3,(H2,25,30). The number of hydrogen-bond donors (Lipinski definition) is 2. The molecule has 0 bridgehead atoms. The number of nitrogens with zero attached hydrogens (tertiary/aromatic N) is 3. The Labute approximate surface area is 173 Å². The maximum Gasteiger partial charge on any atom is 0.281 e. The number of fused-ring (bicyclic) bond motifs is 1. The summed E-state index contributed by atoms with van der Waals surface area (Å²) < 4.78 is 29.8. The lowest BCUT2D eigenvalue weighted by atomic mass is 9.91. The fraction of sp³-hybridized carbons (Fsp3) is 0.318. The van der Waals surface area contributed by atoms with Crippen LogP contribution in [-0.4, -0.2) is 25.4 Å². The summed E-state index contributed by atoms with van der Waals surface area (Å²) in [7, 11) is 0. The number of aryl methyl sites for hydroxylation is 2. The van der Waals surface area contributed by atoms with E-state index in [1.54, 1.807) is 50.4 Å². The van der Waals surface area contributed by atoms with E-state index in [0.717, 1.165) is 11.1 Å². The second-order valence-electron chi connectivity index (χ2n) is 7.59. The minimum absolute atomic E-state index is 0.0107. The Morgan fingerprint density at radius 1 is 1.20 bits per heavy atom. The number of halogens is 2. The number of aromatic nitrogens is 3. The number of rotatable bonds is 5. The topological polar surface area (TPSA) is 93.5 Å². The molecule has 6 nitrogen and oxygen atoms in total. The molecule has 2 heterocycles. The molecule has 3 aromatic rings. The Hall–Kier alpha value is -3.29. The van der Waals surface area contributed by atoms with E-state index in [2.05, 4.69) is 9.97 Å². The van der Waals surface area contributed by atoms with Gasteiger partial charge in [0.1, 0.15) is 11.4 Å². The zero-order valence-electron chi connectivity index (χ0n) is 17.5. The number of carbonyl (C=O) groups excluding carboxylic acids is 1. The number of benzene rings is 1. The van der Waals surface area contributed by atoms with Gasteiger partial charge in [0.05, 0.1) is 5.69 Å². The van der Waals surface area contributed by atoms with Crippen LogP contribution >= 0.6 is 0 Å². The molecule has 2 aromatic heterocycles. The lowest BCUT2D eigenvalue weighted by Gasteiger charge is -2.20. The lowest BCUT2D eigenvalue weighted by Crippen LogP contribution is -2.20. The Kier molecular flexibility index (Phi) is 5.61. The van der Waals surface area contributed by atoms with Crippen LogP contribution < -0.4 is 5.73 Å². The molecule has 3 rings (SSSR count). The first-order valence-corrected chi connectivity index (χ1v) is 9.45. The zero-order valence-corrected chi connectivity index (χ0v) is 17.5. The van der Waals surface area contributed by atoms with Gasteiger partial charge in [-0.1, -0.05) is 11.6 Å². The number of primary amides is 1. The molecule has 1 amide bonds. The summed E-state index contributed by atoms with van der Waals surface area (Å²) in [5.74, 6) is -0.578. The number of amides is 1. The summed E-state index contributed by atoms with van der Waals surface area (Å²) in [5, 5.41) is 10.2. The van der Waals surface area contributed by atoms with Gasteiger partial charge in [0, 0.05) is 29.4 Å². The van der Waals surface area contributed by atoms with Crippen molar-refractivity contribution in [3.05, 3.63) is 63.2 Å². The third kappa shape index (κ3) is 3.65. The van der Waals surface area contributed by atoms with E-state index in [9.17, 15) is 18.7 Å². The number of hydrogen-bond acceptors (Lipinski definition) is 4. The molecule has 0 unspecified atom stereocenters. The molecule has 0 aliphatic rings. The maximum absolute atomic E-state index is 14.1. The molecular formula is C22H24F2N4O2. The maximum atomic E-state index is 14.1. The van der Waals surface area contributed by atoms with Gasteiger partial charge in [-0.05, 0) is 57.4 Å². The van der Waals surface area contributed by atoms with Crippen molar-refractivity contribution < 1.29 is 18.7 Å². The van der Waals surface area contributed by atoms with E-state index in [0.29, 0.717) is 22.5 Å². The van der Waals surface area contributed by atoms with E-state index in [-0.39, 0.29) is 29.1 Å². The van der Waals surface area contributed by atoms with Crippen molar-refractivity contribution in [2.45, 2.75) is 47.5 Å². The van der Waals surface area contributed by atoms with Gasteiger partial charge in [0.15, 0.2) is 0 Å². The van der Waals surface area contributed by atoms with Crippen LogP contribution in [0.15, 0.2) is 23.9 Å². The largest absolute Gasteiger partial charge is 0.508 e. The monoisotopic (exact) mass is 414 g/mol. The van der Waals surface area contributed by atoms with Gasteiger partial charge in [0.25, 0.3) is 6.43 Å². The molecule has 3 N–H and O–H groups in total. The molecule has 8 heteroatoms. The van der Waals surface area contributed by atoms with E-state index in [4.69, 9.17) is 5.73 Å². The highest BCUT2D eigenvalue weighted by atomic mass is 19.3. The fourth-order valence-electron chi connectivity index (χ4n) is 3.74. The first-order valence-electron chi connectivity index (χ1n) is 9.45. The number of carbonyl (C=O) groups is 1. The average Bonchev–Trinajstić information content (AvgIpc) is 3.02. The molecule has 0 fully saturated rings. The van der Waals surface area contributed by atoms with Crippen LogP contribution in [0.5, 0.6) is 5.75 Å². The van der Waals surface area contributed by atoms with Crippen molar-refractivity contribution in [2.75, 3.05) is 0 Å². The van der Waals surface area contributed by atoms with E-state index >= 15 is 0 Å². The first kappa shape index (κ1) is 21.4. The summed E-state index contributed by atoms with van der Waals surface area (Å²) in [6.07, 6.45) is -1.06. The van der Waals surface area contributed by atoms with Crippen LogP contribution in [0.3, 0.4) is 0 Å². The van der Waals surface area contributed by atoms with E-state index in [1.165, 1.54) is 0 Å². The molecule has 0 radical (unpaired) electrons. The van der Waals surface area contributed by atoms with Crippen LogP contribution in [0.2, 0.25) is 0 Å². The Morgan fingerprint density at radius 2 is 1.87 bits per heavy atom. The van der Waals surface area contributed by atoms with Crippen LogP contribution in [0.25, 0.3) is 11.4 Å². The number of aromatic hydroxyl groups is 1. The van der Waals surface area contributed by atoms with Gasteiger partial charge in [-0.3, -0.25) is 9.20 Å². The molecule has 0 atom stereocenters. The smallest absolute Gasteiger partial charge is 0.281 e. The molecule has 0 aliphatic heterocycles. The molecule has 0 spiro atoms. The Bertz CT molecular complexity index is 1190. The van der Waals surface area contributed by atoms with Gasteiger partial charge in [-0.25, -0.2) is 18.7 Å². The molecular weight excluding hydrogens is 390 g/mol. The molecule has 0 aliphatic carbocycles. The second-order valence-corrected chi connectivity index (χ2v) is 7.59. The minimum Gasteiger partial charge on any atom is -0.508 e. The van der Waals surface area contributed by atoms with Crippen LogP contribution in [0.1, 0.15) is 59.6 Å². The van der Waals surface area contributed by atoms with Crippen LogP contribution in [0, 0.1) is 20.8 Å². The predicted molar refractivity (Wildman–Crippen MR) is 111 cm³/mol. The van der Waals surface area contributed by atoms with Crippen molar-refractivity contribution in [1.82, 2.24) is 14.4 Å². The van der Waals surface area contributed by atoms with Crippen molar-refractivity contribution in [2.24, 2.45) is 5.73 Å². The van der Waals surface area contributed by atoms with Gasteiger partial charge >= 0.3 is 0 Å². The second kappa shape index (κ2) is 7.85. The predicted octanol–water partition coefficient (Wildman–Crippen LogP) is 4.17. The van der Waals surface area contributed by atoms with E-state index < -0.39 is 18.0 Å². The molecule has 30 heavy (non-hydrogen) atoms. The van der Waals surface area contributed by atoms with Gasteiger partial charge in [-0.2, -0.15) is 0 Å². The van der Waals surface area contributed by atoms with E-state index in [1.807, 2.05) is 6.92 Å². The fourth-order valence-corrected chi connectivity index (χ4v) is 3.74. The Balaban J connectivity index is 2.47. The van der Waals surface area contributed by atoms with Crippen LogP contribution in [-0.2, 0) is 11.2 Å². The summed E-state index contributed by atoms with van der Waals surface area (Å²) >= 11 is 0. The number of alkyl halides is 2. The number of allylic oxidation sites excluding steroid dienone is 1. The highest BCUT2D eigenvalue weighted by molar-refractivity contribution is 6.20. The average molecular weight is 414 g/mol. The van der Waals surface area contributed by atoms with Crippen molar-refractivity contribution in [3.8, 4) is 5.75 Å². The lowest BCUT2D eigenvalue weighted by molar-refractivity contribution is -0.112. The van der Waals surface area contributed by atoms with Gasteiger partial charge in [0.2, 0.25) is 11.7 Å². The number of imidazole rings is 1. The first-order chi connectivity index (χ1) is 14.0. The molecule has 0 saturated heterocycles. The molecule has 1 aromatic carbocycles. The highest BCUT2D eigenvalue weighted by Gasteiger charge is 2.28. The SMILES string of the molecule is CC(C)=C(C(N)=O)c1c(C(F)F)nc2nc(C)cn2c1Cc1c(C)ccc(O)c1C. The van der Waals surface area contributed by atoms with Gasteiger partial charge in [-0.15, -0.1) is 0 Å². The zero-order chi connectivity index (χ0) is 22.3. The number of phenols is 1. The van der Waals surface area contributed by atoms with Crippen molar-refractivity contribution >= 4 is 17.3 Å². The number of nitrogens with two attached hydrogens (primary N) is 1. The van der Waals surface area contributed by atoms with Crippen molar-refractivity contribution in [1.29, 1.82) is 0 Å². The van der Waals surface area contributed by atoms with Crippen molar-refractivity contribution in [3.63, 3.8) is 0 Å². The summed E-state index contributed by atoms with van der Waals surface area (Å²) in [5.41, 5.74) is 8.91.